The van der Waals surface area contributed by atoms with Crippen molar-refractivity contribution in [3.8, 4) is 0 Å². The number of rotatable bonds is 4. The largest absolute Gasteiger partial charge is 0.336 e. The van der Waals surface area contributed by atoms with Gasteiger partial charge in [-0.05, 0) is 17.2 Å². The van der Waals surface area contributed by atoms with Gasteiger partial charge in [0.25, 0.3) is 5.91 Å². The first-order valence-corrected chi connectivity index (χ1v) is 9.84. The first-order chi connectivity index (χ1) is 13.7. The topological polar surface area (TPSA) is 36.4 Å². The second-order valence-corrected chi connectivity index (χ2v) is 7.31. The molecular formula is C23H22ClN3O. The third kappa shape index (κ3) is 3.93. The van der Waals surface area contributed by atoms with E-state index < -0.39 is 0 Å². The van der Waals surface area contributed by atoms with E-state index in [-0.39, 0.29) is 11.9 Å². The molecule has 0 unspecified atom stereocenters. The Balaban J connectivity index is 1.52. The van der Waals surface area contributed by atoms with Crippen LogP contribution in [0.15, 0.2) is 79.1 Å². The minimum Gasteiger partial charge on any atom is -0.336 e. The quantitative estimate of drug-likeness (QED) is 0.666. The Morgan fingerprint density at radius 3 is 1.96 bits per heavy atom. The van der Waals surface area contributed by atoms with Gasteiger partial charge < -0.3 is 4.90 Å². The Bertz CT molecular complexity index is 885. The number of carbonyl (C=O) groups excluding carboxylic acids is 1. The van der Waals surface area contributed by atoms with E-state index in [0.29, 0.717) is 23.7 Å². The summed E-state index contributed by atoms with van der Waals surface area (Å²) in [5, 5.41) is 0.453. The van der Waals surface area contributed by atoms with Crippen LogP contribution in [0, 0.1) is 0 Å². The third-order valence-electron chi connectivity index (χ3n) is 5.20. The van der Waals surface area contributed by atoms with E-state index in [4.69, 9.17) is 11.6 Å². The molecule has 0 bridgehead atoms. The van der Waals surface area contributed by atoms with Gasteiger partial charge in [0, 0.05) is 38.6 Å². The highest BCUT2D eigenvalue weighted by Gasteiger charge is 2.29. The zero-order chi connectivity index (χ0) is 19.3. The number of amides is 1. The summed E-state index contributed by atoms with van der Waals surface area (Å²) >= 11 is 6.18. The lowest BCUT2D eigenvalue weighted by atomic mass is 9.96. The van der Waals surface area contributed by atoms with Gasteiger partial charge in [-0.2, -0.15) is 0 Å². The Morgan fingerprint density at radius 1 is 0.857 bits per heavy atom. The molecule has 1 aliphatic rings. The molecular weight excluding hydrogens is 370 g/mol. The highest BCUT2D eigenvalue weighted by molar-refractivity contribution is 6.33. The minimum atomic E-state index is -0.0475. The third-order valence-corrected chi connectivity index (χ3v) is 5.53. The molecule has 1 amide bonds. The van der Waals surface area contributed by atoms with E-state index in [1.807, 2.05) is 17.0 Å². The van der Waals surface area contributed by atoms with Crippen molar-refractivity contribution in [3.05, 3.63) is 101 Å². The van der Waals surface area contributed by atoms with Crippen molar-refractivity contribution in [2.24, 2.45) is 0 Å². The average Bonchev–Trinajstić information content (AvgIpc) is 2.76. The molecule has 1 aromatic heterocycles. The molecule has 1 aliphatic heterocycles. The summed E-state index contributed by atoms with van der Waals surface area (Å²) in [6.45, 7) is 2.94. The second kappa shape index (κ2) is 8.55. The maximum absolute atomic E-state index is 12.8. The minimum absolute atomic E-state index is 0.0475. The summed E-state index contributed by atoms with van der Waals surface area (Å²) in [6, 6.07) is 22.9. The number of carbonyl (C=O) groups is 1. The lowest BCUT2D eigenvalue weighted by Gasteiger charge is -2.39. The molecule has 0 spiro atoms. The van der Waals surface area contributed by atoms with Gasteiger partial charge in [0.15, 0.2) is 0 Å². The summed E-state index contributed by atoms with van der Waals surface area (Å²) in [4.78, 5) is 21.2. The van der Waals surface area contributed by atoms with Gasteiger partial charge in [-0.15, -0.1) is 0 Å². The Labute approximate surface area is 170 Å². The maximum atomic E-state index is 12.8. The van der Waals surface area contributed by atoms with Gasteiger partial charge in [0.2, 0.25) is 0 Å². The molecule has 4 rings (SSSR count). The van der Waals surface area contributed by atoms with Gasteiger partial charge in [-0.3, -0.25) is 14.7 Å². The van der Waals surface area contributed by atoms with Crippen LogP contribution in [-0.2, 0) is 0 Å². The van der Waals surface area contributed by atoms with Crippen molar-refractivity contribution in [2.75, 3.05) is 26.2 Å². The molecule has 1 saturated heterocycles. The van der Waals surface area contributed by atoms with E-state index in [2.05, 4.69) is 58.4 Å². The number of hydrogen-bond donors (Lipinski definition) is 0. The van der Waals surface area contributed by atoms with Crippen molar-refractivity contribution in [1.29, 1.82) is 0 Å². The van der Waals surface area contributed by atoms with Gasteiger partial charge in [0.05, 0.1) is 16.6 Å². The smallest absolute Gasteiger partial charge is 0.257 e. The molecule has 5 heteroatoms. The predicted octanol–water partition coefficient (Wildman–Crippen LogP) is 4.28. The number of halogens is 1. The molecule has 0 atom stereocenters. The first kappa shape index (κ1) is 18.7. The number of pyridine rings is 1. The molecule has 0 radical (unpaired) electrons. The summed E-state index contributed by atoms with van der Waals surface area (Å²) < 4.78 is 0. The molecule has 2 heterocycles. The van der Waals surface area contributed by atoms with E-state index in [1.54, 1.807) is 18.5 Å². The Morgan fingerprint density at radius 2 is 1.43 bits per heavy atom. The fourth-order valence-electron chi connectivity index (χ4n) is 3.77. The van der Waals surface area contributed by atoms with E-state index >= 15 is 0 Å². The van der Waals surface area contributed by atoms with Gasteiger partial charge in [-0.1, -0.05) is 72.3 Å². The van der Waals surface area contributed by atoms with Crippen LogP contribution in [-0.4, -0.2) is 46.9 Å². The SMILES string of the molecule is O=C(c1cnccc1Cl)N1CCN(C(c2ccccc2)c2ccccc2)CC1. The Hall–Kier alpha value is -2.69. The molecule has 2 aromatic carbocycles. The van der Waals surface area contributed by atoms with E-state index in [9.17, 15) is 4.79 Å². The monoisotopic (exact) mass is 391 g/mol. The second-order valence-electron chi connectivity index (χ2n) is 6.91. The van der Waals surface area contributed by atoms with Crippen LogP contribution in [0.3, 0.4) is 0 Å². The maximum Gasteiger partial charge on any atom is 0.257 e. The van der Waals surface area contributed by atoms with Crippen molar-refractivity contribution in [3.63, 3.8) is 0 Å². The van der Waals surface area contributed by atoms with Crippen molar-refractivity contribution >= 4 is 17.5 Å². The first-order valence-electron chi connectivity index (χ1n) is 9.47. The molecule has 28 heavy (non-hydrogen) atoms. The van der Waals surface area contributed by atoms with Crippen LogP contribution in [0.25, 0.3) is 0 Å². The fourth-order valence-corrected chi connectivity index (χ4v) is 3.96. The van der Waals surface area contributed by atoms with Crippen LogP contribution in [0.4, 0.5) is 0 Å². The van der Waals surface area contributed by atoms with Crippen LogP contribution in [0.1, 0.15) is 27.5 Å². The number of aromatic nitrogens is 1. The van der Waals surface area contributed by atoms with E-state index in [1.165, 1.54) is 11.1 Å². The summed E-state index contributed by atoms with van der Waals surface area (Å²) in [7, 11) is 0. The van der Waals surface area contributed by atoms with Gasteiger partial charge >= 0.3 is 0 Å². The summed E-state index contributed by atoms with van der Waals surface area (Å²) in [5.41, 5.74) is 3.01. The molecule has 4 nitrogen and oxygen atoms in total. The molecule has 0 saturated carbocycles. The van der Waals surface area contributed by atoms with Gasteiger partial charge in [-0.25, -0.2) is 0 Å². The van der Waals surface area contributed by atoms with Crippen LogP contribution < -0.4 is 0 Å². The zero-order valence-corrected chi connectivity index (χ0v) is 16.3. The lowest BCUT2D eigenvalue weighted by Crippen LogP contribution is -2.50. The summed E-state index contributed by atoms with van der Waals surface area (Å²) in [6.07, 6.45) is 3.15. The molecule has 1 fully saturated rings. The lowest BCUT2D eigenvalue weighted by molar-refractivity contribution is 0.0597. The molecule has 0 N–H and O–H groups in total. The number of hydrogen-bond acceptors (Lipinski definition) is 3. The van der Waals surface area contributed by atoms with Crippen LogP contribution in [0.2, 0.25) is 5.02 Å². The van der Waals surface area contributed by atoms with Crippen molar-refractivity contribution in [1.82, 2.24) is 14.8 Å². The van der Waals surface area contributed by atoms with Crippen molar-refractivity contribution < 1.29 is 4.79 Å². The average molecular weight is 392 g/mol. The zero-order valence-electron chi connectivity index (χ0n) is 15.5. The molecule has 3 aromatic rings. The molecule has 142 valence electrons. The van der Waals surface area contributed by atoms with E-state index in [0.717, 1.165) is 13.1 Å². The van der Waals surface area contributed by atoms with Crippen LogP contribution >= 0.6 is 11.6 Å². The number of benzene rings is 2. The highest BCUT2D eigenvalue weighted by Crippen LogP contribution is 2.29. The number of piperazine rings is 1. The Kier molecular flexibility index (Phi) is 5.70. The standard InChI is InChI=1S/C23H22ClN3O/c24-21-11-12-25-17-20(21)23(28)27-15-13-26(14-16-27)22(18-7-3-1-4-8-18)19-9-5-2-6-10-19/h1-12,17,22H,13-16H2. The number of nitrogens with zero attached hydrogens (tertiary/aromatic N) is 3. The summed E-state index contributed by atoms with van der Waals surface area (Å²) in [5.74, 6) is -0.0475. The molecule has 0 aliphatic carbocycles. The fraction of sp³-hybridized carbons (Fsp3) is 0.217. The normalized spacial score (nSPS) is 15.0. The van der Waals surface area contributed by atoms with Gasteiger partial charge in [0.1, 0.15) is 0 Å². The highest BCUT2D eigenvalue weighted by atomic mass is 35.5. The van der Waals surface area contributed by atoms with Crippen molar-refractivity contribution in [2.45, 2.75) is 6.04 Å². The predicted molar refractivity (Wildman–Crippen MR) is 111 cm³/mol. The van der Waals surface area contributed by atoms with Crippen LogP contribution in [0.5, 0.6) is 0 Å².